The molecule has 14 heteroatoms. The number of nitrogens with one attached hydrogen (secondary N) is 1. The van der Waals surface area contributed by atoms with Gasteiger partial charge in [0.15, 0.2) is 15.9 Å². The Balaban J connectivity index is 0.000000229. The zero-order valence-corrected chi connectivity index (χ0v) is 28.1. The Labute approximate surface area is 283 Å². The molecule has 49 heavy (non-hydrogen) atoms. The number of hydrogen-bond donors (Lipinski definition) is 1. The van der Waals surface area contributed by atoms with Crippen molar-refractivity contribution in [3.8, 4) is 5.75 Å². The van der Waals surface area contributed by atoms with E-state index in [9.17, 15) is 26.4 Å². The predicted molar refractivity (Wildman–Crippen MR) is 172 cm³/mol. The molecular weight excluding hydrogens is 665 g/mol. The van der Waals surface area contributed by atoms with E-state index >= 15 is 0 Å². The van der Waals surface area contributed by atoms with Gasteiger partial charge in [-0.2, -0.15) is 13.2 Å². The van der Waals surface area contributed by atoms with Crippen LogP contribution in [0.3, 0.4) is 0 Å². The van der Waals surface area contributed by atoms with Crippen LogP contribution >= 0.6 is 0 Å². The zero-order chi connectivity index (χ0) is 34.8. The van der Waals surface area contributed by atoms with Crippen LogP contribution in [-0.4, -0.2) is 77.4 Å². The lowest BCUT2D eigenvalue weighted by Crippen LogP contribution is -2.32. The molecule has 0 radical (unpaired) electrons. The van der Waals surface area contributed by atoms with E-state index < -0.39 is 28.0 Å². The number of hydrogen-bond acceptors (Lipinski definition) is 9. The number of sulfone groups is 1. The standard InChI is InChI=1S/C23H24F3NO6S.C12H15NO2/c1-14(23(24,25)26)33-20-6-5-18(34(2,29)30)10-19(20)22(28)27-11-16-4-3-15(9-17(16)12-27)21-13-31-7-8-32-21;1-2-10-6-13-7-11(10)5-9(1)12-8-14-3-4-15-12/h3-6,9-10,14,21H,7-8,11-13H2,1-2H3;1-2,5,12-13H,3-4,6-8H2/t14-,21?;/m0./s1. The van der Waals surface area contributed by atoms with Crippen LogP contribution in [0.5, 0.6) is 5.75 Å². The monoisotopic (exact) mass is 704 g/mol. The molecule has 2 fully saturated rings. The highest BCUT2D eigenvalue weighted by molar-refractivity contribution is 7.90. The molecule has 0 saturated carbocycles. The molecule has 3 atom stereocenters. The molecule has 4 aliphatic heterocycles. The molecule has 3 aromatic carbocycles. The Hall–Kier alpha value is -3.53. The molecule has 1 amide bonds. The van der Waals surface area contributed by atoms with Gasteiger partial charge in [-0.1, -0.05) is 36.4 Å². The van der Waals surface area contributed by atoms with Crippen LogP contribution in [-0.2, 0) is 55.0 Å². The summed E-state index contributed by atoms with van der Waals surface area (Å²) < 4.78 is 90.6. The van der Waals surface area contributed by atoms with E-state index in [2.05, 4.69) is 23.5 Å². The van der Waals surface area contributed by atoms with Gasteiger partial charge in [0.25, 0.3) is 5.91 Å². The first-order valence-corrected chi connectivity index (χ1v) is 18.0. The largest absolute Gasteiger partial charge is 0.480 e. The van der Waals surface area contributed by atoms with Crippen LogP contribution in [0.2, 0.25) is 0 Å². The maximum absolute atomic E-state index is 13.4. The minimum Gasteiger partial charge on any atom is -0.480 e. The second-order valence-electron chi connectivity index (χ2n) is 12.4. The summed E-state index contributed by atoms with van der Waals surface area (Å²) in [5.41, 5.74) is 6.50. The van der Waals surface area contributed by atoms with Crippen molar-refractivity contribution < 1.29 is 50.1 Å². The lowest BCUT2D eigenvalue weighted by atomic mass is 10.0. The van der Waals surface area contributed by atoms with E-state index in [4.69, 9.17) is 23.7 Å². The van der Waals surface area contributed by atoms with Gasteiger partial charge in [0.2, 0.25) is 0 Å². The second-order valence-corrected chi connectivity index (χ2v) is 14.4. The van der Waals surface area contributed by atoms with E-state index in [0.29, 0.717) is 33.0 Å². The molecule has 3 aromatic rings. The predicted octanol–water partition coefficient (Wildman–Crippen LogP) is 5.04. The zero-order valence-electron chi connectivity index (χ0n) is 27.3. The van der Waals surface area contributed by atoms with E-state index in [1.807, 2.05) is 18.2 Å². The smallest absolute Gasteiger partial charge is 0.425 e. The number of nitrogens with zero attached hydrogens (tertiary/aromatic N) is 1. The fraction of sp³-hybridized carbons (Fsp3) is 0.457. The topological polar surface area (TPSA) is 113 Å². The van der Waals surface area contributed by atoms with Crippen molar-refractivity contribution in [2.75, 3.05) is 45.9 Å². The van der Waals surface area contributed by atoms with Crippen LogP contribution in [0.1, 0.15) is 62.9 Å². The van der Waals surface area contributed by atoms with Crippen molar-refractivity contribution in [2.24, 2.45) is 0 Å². The van der Waals surface area contributed by atoms with Crippen molar-refractivity contribution in [1.82, 2.24) is 10.2 Å². The summed E-state index contributed by atoms with van der Waals surface area (Å²) in [6.07, 6.45) is -5.95. The molecule has 0 aromatic heterocycles. The first kappa shape index (κ1) is 35.3. The van der Waals surface area contributed by atoms with Crippen LogP contribution in [0, 0.1) is 0 Å². The summed E-state index contributed by atoms with van der Waals surface area (Å²) in [5, 5.41) is 3.35. The van der Waals surface area contributed by atoms with Crippen molar-refractivity contribution in [2.45, 2.75) is 62.5 Å². The fourth-order valence-corrected chi connectivity index (χ4v) is 6.72. The number of benzene rings is 3. The van der Waals surface area contributed by atoms with E-state index in [0.717, 1.165) is 67.8 Å². The summed E-state index contributed by atoms with van der Waals surface area (Å²) in [5.74, 6) is -0.948. The fourth-order valence-electron chi connectivity index (χ4n) is 6.07. The summed E-state index contributed by atoms with van der Waals surface area (Å²) in [6, 6.07) is 15.6. The van der Waals surface area contributed by atoms with Gasteiger partial charge in [-0.25, -0.2) is 8.42 Å². The first-order chi connectivity index (χ1) is 23.4. The second kappa shape index (κ2) is 14.8. The number of rotatable bonds is 6. The molecule has 0 spiro atoms. The van der Waals surface area contributed by atoms with Gasteiger partial charge in [0, 0.05) is 32.4 Å². The quantitative estimate of drug-likeness (QED) is 0.377. The SMILES string of the molecule is C[C@H](Oc1ccc(S(C)(=O)=O)cc1C(=O)N1Cc2ccc(C3COCCO3)cc2C1)C(F)(F)F.c1cc2c(cc1C1COCCO1)CNC2. The maximum Gasteiger partial charge on any atom is 0.425 e. The average molecular weight is 705 g/mol. The molecule has 0 aliphatic carbocycles. The number of carbonyl (C=O) groups is 1. The number of carbonyl (C=O) groups excluding carboxylic acids is 1. The van der Waals surface area contributed by atoms with Gasteiger partial charge < -0.3 is 33.9 Å². The third-order valence-corrected chi connectivity index (χ3v) is 9.96. The molecule has 264 valence electrons. The first-order valence-electron chi connectivity index (χ1n) is 16.1. The van der Waals surface area contributed by atoms with Crippen LogP contribution in [0.15, 0.2) is 59.5 Å². The number of fused-ring (bicyclic) bond motifs is 2. The minimum absolute atomic E-state index is 0.129. The van der Waals surface area contributed by atoms with Gasteiger partial charge in [-0.05, 0) is 58.5 Å². The molecule has 4 aliphatic rings. The highest BCUT2D eigenvalue weighted by atomic mass is 32.2. The molecule has 0 bridgehead atoms. The highest BCUT2D eigenvalue weighted by Crippen LogP contribution is 2.34. The van der Waals surface area contributed by atoms with Gasteiger partial charge in [0.05, 0.1) is 50.1 Å². The Morgan fingerprint density at radius 2 is 1.43 bits per heavy atom. The third-order valence-electron chi connectivity index (χ3n) is 8.85. The Morgan fingerprint density at radius 3 is 2.02 bits per heavy atom. The summed E-state index contributed by atoms with van der Waals surface area (Å²) in [4.78, 5) is 14.6. The summed E-state index contributed by atoms with van der Waals surface area (Å²) in [6.45, 7) is 6.82. The molecule has 2 saturated heterocycles. The Kier molecular flexibility index (Phi) is 10.6. The van der Waals surface area contributed by atoms with Crippen LogP contribution in [0.4, 0.5) is 13.2 Å². The normalized spacial score (nSPS) is 21.3. The molecule has 7 rings (SSSR count). The number of ether oxygens (including phenoxy) is 5. The van der Waals surface area contributed by atoms with Crippen molar-refractivity contribution in [1.29, 1.82) is 0 Å². The number of alkyl halides is 3. The van der Waals surface area contributed by atoms with Gasteiger partial charge in [-0.3, -0.25) is 4.79 Å². The highest BCUT2D eigenvalue weighted by Gasteiger charge is 2.39. The van der Waals surface area contributed by atoms with Gasteiger partial charge in [0.1, 0.15) is 18.0 Å². The van der Waals surface area contributed by atoms with E-state index in [1.165, 1.54) is 21.6 Å². The van der Waals surface area contributed by atoms with Gasteiger partial charge >= 0.3 is 6.18 Å². The van der Waals surface area contributed by atoms with Crippen molar-refractivity contribution >= 4 is 15.7 Å². The van der Waals surface area contributed by atoms with Crippen molar-refractivity contribution in [3.63, 3.8) is 0 Å². The van der Waals surface area contributed by atoms with Crippen LogP contribution in [0.25, 0.3) is 0 Å². The summed E-state index contributed by atoms with van der Waals surface area (Å²) >= 11 is 0. The average Bonchev–Trinajstić information content (AvgIpc) is 3.75. The lowest BCUT2D eigenvalue weighted by Gasteiger charge is -2.23. The van der Waals surface area contributed by atoms with E-state index in [1.54, 1.807) is 0 Å². The number of amides is 1. The van der Waals surface area contributed by atoms with Crippen LogP contribution < -0.4 is 10.1 Å². The maximum atomic E-state index is 13.4. The minimum atomic E-state index is -4.65. The lowest BCUT2D eigenvalue weighted by molar-refractivity contribution is -0.189. The third kappa shape index (κ3) is 8.44. The Bertz CT molecular complexity index is 1770. The molecule has 4 heterocycles. The summed E-state index contributed by atoms with van der Waals surface area (Å²) in [7, 11) is -3.70. The van der Waals surface area contributed by atoms with E-state index in [-0.39, 0.29) is 41.5 Å². The number of halogens is 3. The van der Waals surface area contributed by atoms with Gasteiger partial charge in [-0.15, -0.1) is 0 Å². The Morgan fingerprint density at radius 1 is 0.837 bits per heavy atom. The molecule has 10 nitrogen and oxygen atoms in total. The molecular formula is C35H39F3N2O8S. The molecule has 2 unspecified atom stereocenters. The van der Waals surface area contributed by atoms with Crippen molar-refractivity contribution in [3.05, 3.63) is 93.5 Å². The molecule has 1 N–H and O–H groups in total.